The molecule has 2 amide bonds. The third-order valence-electron chi connectivity index (χ3n) is 6.30. The summed E-state index contributed by atoms with van der Waals surface area (Å²) >= 11 is 0. The highest BCUT2D eigenvalue weighted by atomic mass is 32.3. The number of sulfonamides is 12. The molecule has 0 saturated heterocycles. The quantitative estimate of drug-likeness (QED) is 0.121. The van der Waals surface area contributed by atoms with Crippen LogP contribution in [0.5, 0.6) is 0 Å². The highest BCUT2D eigenvalue weighted by Gasteiger charge is 2.38. The number of hydrazine groups is 6. The summed E-state index contributed by atoms with van der Waals surface area (Å²) in [4.78, 5) is 23.3. The van der Waals surface area contributed by atoms with Crippen LogP contribution in [-0.2, 0) is 130 Å². The van der Waals surface area contributed by atoms with Crippen LogP contribution >= 0.6 is 0 Å². The number of carbonyl (C=O) groups is 2. The van der Waals surface area contributed by atoms with Gasteiger partial charge in [-0.2, -0.15) is 0 Å². The third kappa shape index (κ3) is 39.3. The average Bonchev–Trinajstić information content (AvgIpc) is 3.03. The molecule has 0 aromatic heterocycles. The second-order valence-corrected chi connectivity index (χ2v) is 41.6. The number of nitrogens with one attached hydrogen (secondary N) is 2. The lowest BCUT2D eigenvalue weighted by atomic mass is 10.2. The second-order valence-electron chi connectivity index (χ2n) is 18.4. The van der Waals surface area contributed by atoms with E-state index in [1.54, 1.807) is 41.5 Å². The van der Waals surface area contributed by atoms with Crippen LogP contribution in [0.1, 0.15) is 41.5 Å². The summed E-state index contributed by atoms with van der Waals surface area (Å²) in [5, 5.41) is 2.78. The molecule has 0 rings (SSSR count). The fourth-order valence-corrected chi connectivity index (χ4v) is 22.6. The van der Waals surface area contributed by atoms with Gasteiger partial charge in [-0.05, 0) is 56.8 Å². The van der Waals surface area contributed by atoms with Crippen molar-refractivity contribution in [1.29, 1.82) is 0 Å². The topological polar surface area (TPSA) is 519 Å². The molecule has 2 N–H and O–H groups in total. The van der Waals surface area contributed by atoms with Crippen LogP contribution in [0.3, 0.4) is 0 Å². The Hall–Kier alpha value is -2.46. The maximum Gasteiger partial charge on any atom is 0.426 e. The lowest BCUT2D eigenvalue weighted by molar-refractivity contribution is 0.0110. The van der Waals surface area contributed by atoms with E-state index < -0.39 is 144 Å². The average molecular weight is 1440 g/mol. The van der Waals surface area contributed by atoms with Gasteiger partial charge in [-0.25, -0.2) is 141 Å². The molecule has 0 aliphatic rings. The van der Waals surface area contributed by atoms with Crippen molar-refractivity contribution >= 4 is 132 Å². The van der Waals surface area contributed by atoms with E-state index in [-0.39, 0.29) is 15.3 Å². The number of rotatable bonds is 18. The first-order chi connectivity index (χ1) is 34.8. The Balaban J connectivity index is -0.000000214. The first kappa shape index (κ1) is 90.7. The molecule has 0 spiro atoms. The molecular formula is C30H80N12O28S12. The lowest BCUT2D eigenvalue weighted by Gasteiger charge is -2.29. The zero-order chi connectivity index (χ0) is 68.8. The molecule has 0 fully saturated rings. The smallest absolute Gasteiger partial charge is 0.426 e. The molecule has 52 heteroatoms. The van der Waals surface area contributed by atoms with E-state index in [4.69, 9.17) is 9.47 Å². The summed E-state index contributed by atoms with van der Waals surface area (Å²) in [7, 11) is -36.8. The van der Waals surface area contributed by atoms with Crippen molar-refractivity contribution < 1.29 is 120 Å². The van der Waals surface area contributed by atoms with Crippen LogP contribution < -0.4 is 10.9 Å². The normalized spacial score (nSPS) is 13.8. The number of nitrogens with zero attached hydrogens (tertiary/aromatic N) is 10. The molecule has 0 aromatic rings. The van der Waals surface area contributed by atoms with Crippen LogP contribution in [0.15, 0.2) is 0 Å². The van der Waals surface area contributed by atoms with Crippen LogP contribution in [0.2, 0.25) is 0 Å². The van der Waals surface area contributed by atoms with Gasteiger partial charge in [0.2, 0.25) is 120 Å². The van der Waals surface area contributed by atoms with Crippen molar-refractivity contribution in [3.63, 3.8) is 0 Å². The first-order valence-electron chi connectivity index (χ1n) is 20.7. The van der Waals surface area contributed by atoms with Gasteiger partial charge >= 0.3 is 12.2 Å². The molecule has 500 valence electrons. The van der Waals surface area contributed by atoms with E-state index in [2.05, 4.69) is 0 Å². The molecule has 0 aromatic carbocycles. The van der Waals surface area contributed by atoms with Gasteiger partial charge in [-0.1, -0.05) is 0 Å². The van der Waals surface area contributed by atoms with Gasteiger partial charge in [-0.15, -0.1) is 0 Å². The number of amides is 2. The van der Waals surface area contributed by atoms with Gasteiger partial charge in [0, 0.05) is 64.0 Å². The molecule has 0 aliphatic carbocycles. The molecule has 0 unspecified atom stereocenters. The first-order valence-corrected chi connectivity index (χ1v) is 42.9. The Labute approximate surface area is 487 Å². The Bertz CT molecular complexity index is 3140. The van der Waals surface area contributed by atoms with Crippen molar-refractivity contribution in [1.82, 2.24) is 53.8 Å². The summed E-state index contributed by atoms with van der Waals surface area (Å²) in [6.45, 7) is 9.44. The Morgan fingerprint density at radius 3 is 0.463 bits per heavy atom. The minimum absolute atomic E-state index is 0.0198. The summed E-state index contributed by atoms with van der Waals surface area (Å²) in [5.74, 6) is 0. The Morgan fingerprint density at radius 1 is 0.280 bits per heavy atom. The monoisotopic (exact) mass is 1440 g/mol. The maximum atomic E-state index is 11.6. The maximum absolute atomic E-state index is 11.6. The van der Waals surface area contributed by atoms with Gasteiger partial charge in [0.25, 0.3) is 0 Å². The van der Waals surface area contributed by atoms with Gasteiger partial charge in [-0.3, -0.25) is 0 Å². The van der Waals surface area contributed by atoms with E-state index in [0.29, 0.717) is 42.7 Å². The molecule has 0 bridgehead atoms. The van der Waals surface area contributed by atoms with E-state index in [1.807, 2.05) is 10.9 Å². The third-order valence-corrected chi connectivity index (χ3v) is 26.0. The van der Waals surface area contributed by atoms with Crippen LogP contribution in [-0.4, -0.2) is 299 Å². The van der Waals surface area contributed by atoms with E-state index >= 15 is 0 Å². The van der Waals surface area contributed by atoms with Crippen molar-refractivity contribution in [2.24, 2.45) is 0 Å². The van der Waals surface area contributed by atoms with Crippen LogP contribution in [0, 0.1) is 0 Å². The SMILES string of the molecule is CN(C(=O)OC(C)(C)C)N(S(C)(=O)=O)S(C)(=O)=O.CN(C(=O)OC(C)(C)C)N(S(C)(=O)=O)S(C)(=O)=O.CN(C)N(S(C)(=O)=O)S(C)(=O)=O.CN(C)N(S(C)(=O)=O)S(C)(=O)=O.CNN(S(C)(=O)=O)S(C)(=O)=O.CNN(S(C)(=O)=O)S(C)(=O)=O. The second kappa shape index (κ2) is 32.0. The Morgan fingerprint density at radius 2 is 0.415 bits per heavy atom. The minimum atomic E-state index is -4.15. The molecule has 0 saturated carbocycles. The Kier molecular flexibility index (Phi) is 35.4. The highest BCUT2D eigenvalue weighted by Crippen LogP contribution is 2.16. The van der Waals surface area contributed by atoms with Crippen LogP contribution in [0.4, 0.5) is 9.59 Å². The lowest BCUT2D eigenvalue weighted by Crippen LogP contribution is -2.51. The fourth-order valence-electron chi connectivity index (χ4n) is 5.00. The molecule has 82 heavy (non-hydrogen) atoms. The standard InChI is InChI=1S/2C8H18N2O6S2.2C4H12N2O4S2.2C3H10N2O4S2/c2*1-8(2,3)16-7(11)9(4)10(17(5,12)13)18(6,14)15;2*1-5(2)6(11(3,7)8)12(4,9)10;2*1-4-5(10(2,6)7)11(3,8)9/h2*1-6H3;2*1-4H3;2*4H,1-3H3. The van der Waals surface area contributed by atoms with Gasteiger partial charge in [0.1, 0.15) is 11.2 Å². The predicted molar refractivity (Wildman–Crippen MR) is 303 cm³/mol. The highest BCUT2D eigenvalue weighted by molar-refractivity contribution is 8.05. The number of hydrogen-bond donors (Lipinski definition) is 2. The zero-order valence-corrected chi connectivity index (χ0v) is 59.6. The van der Waals surface area contributed by atoms with E-state index in [9.17, 15) is 111 Å². The van der Waals surface area contributed by atoms with Crippen molar-refractivity contribution in [2.75, 3.05) is 131 Å². The van der Waals surface area contributed by atoms with E-state index in [0.717, 1.165) is 74.2 Å². The summed E-state index contributed by atoms with van der Waals surface area (Å²) in [6.07, 6.45) is 7.03. The molecule has 0 radical (unpaired) electrons. The van der Waals surface area contributed by atoms with Crippen molar-refractivity contribution in [3.05, 3.63) is 0 Å². The number of hydrogen-bond acceptors (Lipinski definition) is 32. The number of ether oxygens (including phenoxy) is 2. The fraction of sp³-hybridized carbons (Fsp3) is 0.933. The van der Waals surface area contributed by atoms with Gasteiger partial charge in [0.05, 0.1) is 75.1 Å². The summed E-state index contributed by atoms with van der Waals surface area (Å²) in [6, 6.07) is 0. The van der Waals surface area contributed by atoms with Gasteiger partial charge < -0.3 is 9.47 Å². The van der Waals surface area contributed by atoms with Crippen molar-refractivity contribution in [2.45, 2.75) is 52.7 Å². The summed E-state index contributed by atoms with van der Waals surface area (Å²) < 4.78 is 275. The molecule has 40 nitrogen and oxygen atoms in total. The van der Waals surface area contributed by atoms with Gasteiger partial charge in [0.15, 0.2) is 0 Å². The minimum Gasteiger partial charge on any atom is -0.443 e. The van der Waals surface area contributed by atoms with E-state index in [1.165, 1.54) is 42.3 Å². The van der Waals surface area contributed by atoms with Crippen LogP contribution in [0.25, 0.3) is 0 Å². The largest absolute Gasteiger partial charge is 0.443 e. The molecule has 0 aliphatic heterocycles. The number of carbonyl (C=O) groups excluding carboxylic acids is 2. The molecule has 0 atom stereocenters. The predicted octanol–water partition coefficient (Wildman–Crippen LogP) is -5.97. The molecular weight excluding hydrogens is 1360 g/mol. The molecule has 0 heterocycles. The zero-order valence-electron chi connectivity index (χ0n) is 49.8. The van der Waals surface area contributed by atoms with Crippen molar-refractivity contribution in [3.8, 4) is 0 Å². The summed E-state index contributed by atoms with van der Waals surface area (Å²) in [5.41, 5.74) is 2.34.